The van der Waals surface area contributed by atoms with Gasteiger partial charge in [-0.15, -0.1) is 0 Å². The molecule has 0 saturated carbocycles. The van der Waals surface area contributed by atoms with Gasteiger partial charge in [0.2, 0.25) is 6.71 Å². The lowest BCUT2D eigenvalue weighted by Gasteiger charge is -2.46. The first kappa shape index (κ1) is 29.5. The monoisotopic (exact) mass is 699 g/mol. The van der Waals surface area contributed by atoms with Crippen LogP contribution in [0, 0.1) is 0 Å². The minimum Gasteiger partial charge on any atom is -0.310 e. The topological polar surface area (TPSA) is 3.24 Å². The van der Waals surface area contributed by atoms with Crippen molar-refractivity contribution in [1.82, 2.24) is 0 Å². The summed E-state index contributed by atoms with van der Waals surface area (Å²) in [6.45, 7) is 0.202. The van der Waals surface area contributed by atoms with Gasteiger partial charge in [-0.05, 0) is 73.4 Å². The molecule has 1 nitrogen and oxygen atoms in total. The fourth-order valence-corrected chi connectivity index (χ4v) is 16.9. The molecule has 0 spiro atoms. The van der Waals surface area contributed by atoms with E-state index in [4.69, 9.17) is 0 Å². The van der Waals surface area contributed by atoms with Crippen LogP contribution < -0.4 is 42.0 Å². The Bertz CT molecular complexity index is 2640. The third kappa shape index (κ3) is 4.14. The highest BCUT2D eigenvalue weighted by Gasteiger charge is 2.50. The average Bonchev–Trinajstić information content (AvgIpc) is 3.20. The number of nitrogens with zero attached hydrogens (tertiary/aromatic N) is 1. The van der Waals surface area contributed by atoms with Crippen molar-refractivity contribution < 1.29 is 0 Å². The maximum Gasteiger partial charge on any atom is 0.247 e. The molecule has 0 unspecified atom stereocenters. The van der Waals surface area contributed by atoms with Crippen molar-refractivity contribution in [3.63, 3.8) is 0 Å². The van der Waals surface area contributed by atoms with Gasteiger partial charge in [-0.2, -0.15) is 0 Å². The quantitative estimate of drug-likeness (QED) is 0.177. The molecule has 51 heavy (non-hydrogen) atoms. The molecule has 0 aliphatic carbocycles. The van der Waals surface area contributed by atoms with E-state index in [0.29, 0.717) is 0 Å². The zero-order valence-corrected chi connectivity index (χ0v) is 30.3. The lowest BCUT2D eigenvalue weighted by molar-refractivity contribution is 1.24. The number of benzene rings is 8. The van der Waals surface area contributed by atoms with Gasteiger partial charge in [0.25, 0.3) is 0 Å². The summed E-state index contributed by atoms with van der Waals surface area (Å²) in [4.78, 5) is 8.04. The van der Waals surface area contributed by atoms with Crippen LogP contribution in [0.1, 0.15) is 0 Å². The van der Waals surface area contributed by atoms with E-state index in [1.54, 1.807) is 0 Å². The maximum atomic E-state index is 2.59. The van der Waals surface area contributed by atoms with Crippen molar-refractivity contribution in [2.24, 2.45) is 0 Å². The van der Waals surface area contributed by atoms with Crippen LogP contribution >= 0.6 is 23.5 Å². The molecule has 0 bridgehead atoms. The second-order valence-electron chi connectivity index (χ2n) is 13.6. The van der Waals surface area contributed by atoms with Crippen LogP contribution in [0.2, 0.25) is 0 Å². The van der Waals surface area contributed by atoms with Gasteiger partial charge in [-0.3, -0.25) is 0 Å². The summed E-state index contributed by atoms with van der Waals surface area (Å²) in [5.41, 5.74) is 8.05. The Morgan fingerprint density at radius 2 is 0.961 bits per heavy atom. The maximum absolute atomic E-state index is 2.83. The molecule has 0 fully saturated rings. The summed E-state index contributed by atoms with van der Waals surface area (Å²) >= 11 is 3.86. The van der Waals surface area contributed by atoms with Crippen molar-refractivity contribution in [3.05, 3.63) is 182 Å². The number of fused-ring (bicyclic) bond motifs is 7. The Balaban J connectivity index is 1.22. The fraction of sp³-hybridized carbons (Fsp3) is 0. The molecule has 8 aromatic carbocycles. The highest BCUT2D eigenvalue weighted by molar-refractivity contribution is 8.01. The number of anilines is 3. The molecule has 11 rings (SSSR count). The summed E-state index contributed by atoms with van der Waals surface area (Å²) < 4.78 is 0. The van der Waals surface area contributed by atoms with Crippen LogP contribution in [0.3, 0.4) is 0 Å². The van der Waals surface area contributed by atoms with Gasteiger partial charge < -0.3 is 4.90 Å². The van der Waals surface area contributed by atoms with Crippen molar-refractivity contribution in [3.8, 4) is 0 Å². The summed E-state index contributed by atoms with van der Waals surface area (Å²) in [6, 6.07) is 68.7. The van der Waals surface area contributed by atoms with E-state index in [2.05, 4.69) is 187 Å². The predicted octanol–water partition coefficient (Wildman–Crippen LogP) is 7.45. The van der Waals surface area contributed by atoms with Gasteiger partial charge in [0.05, 0.1) is 5.69 Å². The fourth-order valence-electron chi connectivity index (χ4n) is 9.07. The van der Waals surface area contributed by atoms with Crippen LogP contribution in [0.25, 0.3) is 10.8 Å². The van der Waals surface area contributed by atoms with Gasteiger partial charge in [0.15, 0.2) is 8.07 Å². The van der Waals surface area contributed by atoms with E-state index in [1.807, 2.05) is 23.5 Å². The van der Waals surface area contributed by atoms with Crippen molar-refractivity contribution in [2.45, 2.75) is 19.6 Å². The summed E-state index contributed by atoms with van der Waals surface area (Å²) in [6.07, 6.45) is 0. The molecule has 0 saturated heterocycles. The van der Waals surface area contributed by atoms with Gasteiger partial charge in [-0.1, -0.05) is 180 Å². The van der Waals surface area contributed by atoms with Crippen LogP contribution in [-0.4, -0.2) is 14.8 Å². The zero-order valence-electron chi connectivity index (χ0n) is 27.7. The van der Waals surface area contributed by atoms with Crippen molar-refractivity contribution in [1.29, 1.82) is 0 Å². The van der Waals surface area contributed by atoms with Gasteiger partial charge in [0.1, 0.15) is 0 Å². The van der Waals surface area contributed by atoms with E-state index in [-0.39, 0.29) is 6.71 Å². The molecule has 238 valence electrons. The largest absolute Gasteiger partial charge is 0.310 e. The zero-order chi connectivity index (χ0) is 33.5. The molecular weight excluding hydrogens is 670 g/mol. The number of hydrogen-bond acceptors (Lipinski definition) is 3. The van der Waals surface area contributed by atoms with E-state index in [9.17, 15) is 0 Å². The lowest BCUT2D eigenvalue weighted by atomic mass is 9.36. The molecule has 5 heteroatoms. The van der Waals surface area contributed by atoms with Gasteiger partial charge >= 0.3 is 0 Å². The molecule has 0 amide bonds. The summed E-state index contributed by atoms with van der Waals surface area (Å²) in [7, 11) is -2.83. The van der Waals surface area contributed by atoms with Crippen LogP contribution in [0.5, 0.6) is 0 Å². The second kappa shape index (κ2) is 11.4. The smallest absolute Gasteiger partial charge is 0.247 e. The third-order valence-corrected chi connectivity index (χ3v) is 18.3. The standard InChI is InChI=1S/C46H30BNS2Si/c1-2-17-32(18-3-1)51(42-30-12-16-31-15-4-5-19-33(31)42)43-28-10-7-22-36(43)48(37-23-8-11-29-44(37)51)38-24-13-21-35-46(38)50-41-27-14-26-40-45(41)47(35)34-20-6-9-25-39(34)49-40/h1-30H. The SMILES string of the molecule is c1ccc([Si]2(c3cccc4ccccc34)c3ccccc3N(c3cccc4c3Sc3cccc5c3B4c3ccccc3S5)c3ccccc32)cc1. The Labute approximate surface area is 308 Å². The number of para-hydroxylation sites is 2. The summed E-state index contributed by atoms with van der Waals surface area (Å²) in [5, 5.41) is 8.31. The Morgan fingerprint density at radius 3 is 1.78 bits per heavy atom. The van der Waals surface area contributed by atoms with Crippen LogP contribution in [-0.2, 0) is 0 Å². The van der Waals surface area contributed by atoms with E-state index in [0.717, 1.165) is 0 Å². The number of hydrogen-bond donors (Lipinski definition) is 0. The van der Waals surface area contributed by atoms with Gasteiger partial charge in [-0.25, -0.2) is 0 Å². The highest BCUT2D eigenvalue weighted by atomic mass is 32.2. The highest BCUT2D eigenvalue weighted by Crippen LogP contribution is 2.46. The van der Waals surface area contributed by atoms with E-state index in [1.165, 1.54) is 84.6 Å². The van der Waals surface area contributed by atoms with E-state index >= 15 is 0 Å². The van der Waals surface area contributed by atoms with Crippen LogP contribution in [0.4, 0.5) is 17.1 Å². The Morgan fingerprint density at radius 1 is 0.412 bits per heavy atom. The molecular formula is C46H30BNS2Si. The third-order valence-electron chi connectivity index (χ3n) is 11.1. The second-order valence-corrected chi connectivity index (χ2v) is 19.4. The first-order valence-electron chi connectivity index (χ1n) is 17.6. The molecule has 0 aromatic heterocycles. The first-order valence-corrected chi connectivity index (χ1v) is 21.2. The Kier molecular flexibility index (Phi) is 6.60. The molecule has 0 radical (unpaired) electrons. The molecule has 3 aliphatic heterocycles. The summed E-state index contributed by atoms with van der Waals surface area (Å²) in [5.74, 6) is 0. The van der Waals surface area contributed by atoms with Crippen molar-refractivity contribution >= 4 is 103 Å². The molecule has 3 heterocycles. The predicted molar refractivity (Wildman–Crippen MR) is 222 cm³/mol. The molecule has 8 aromatic rings. The van der Waals surface area contributed by atoms with Gasteiger partial charge in [0, 0.05) is 31.0 Å². The Hall–Kier alpha value is -5.20. The normalized spacial score (nSPS) is 14.6. The molecule has 0 N–H and O–H groups in total. The van der Waals surface area contributed by atoms with Crippen LogP contribution in [0.15, 0.2) is 202 Å². The van der Waals surface area contributed by atoms with E-state index < -0.39 is 8.07 Å². The number of rotatable bonds is 3. The average molecular weight is 700 g/mol. The first-order chi connectivity index (χ1) is 25.3. The molecule has 3 aliphatic rings. The minimum absolute atomic E-state index is 0.202. The molecule has 0 atom stereocenters. The minimum atomic E-state index is -2.83. The lowest BCUT2D eigenvalue weighted by Crippen LogP contribution is -2.77. The van der Waals surface area contributed by atoms with Crippen molar-refractivity contribution in [2.75, 3.05) is 4.90 Å².